The molecule has 0 unspecified atom stereocenters. The number of nitrogens with zero attached hydrogens (tertiary/aromatic N) is 2. The second kappa shape index (κ2) is 7.43. The first-order chi connectivity index (χ1) is 13.1. The first kappa shape index (κ1) is 20.7. The summed E-state index contributed by atoms with van der Waals surface area (Å²) in [6.07, 6.45) is 3.37. The van der Waals surface area contributed by atoms with Crippen molar-refractivity contribution >= 4 is 33.4 Å². The number of halogens is 3. The maximum Gasteiger partial charge on any atom is 0.355 e. The Kier molecular flexibility index (Phi) is 5.50. The van der Waals surface area contributed by atoms with Gasteiger partial charge in [-0.3, -0.25) is 9.59 Å². The molecule has 0 bridgehead atoms. The zero-order valence-electron chi connectivity index (χ0n) is 14.8. The number of ether oxygens (including phenoxy) is 1. The Morgan fingerprint density at radius 2 is 2.07 bits per heavy atom. The molecule has 0 spiro atoms. The standard InChI is InChI=1S/C16H18ClF2N3O5S/c1-9(23)22(28(25,26)15(18)19)16(4-5-16)8-27-11-6-12(13(17)20-7-11)14(24)21-10-2-3-10/h6-7,10,15H,2-5,8H2,1H3,(H,21,24). The van der Waals surface area contributed by atoms with Crippen LogP contribution in [0.1, 0.15) is 43.0 Å². The lowest BCUT2D eigenvalue weighted by molar-refractivity contribution is -0.127. The summed E-state index contributed by atoms with van der Waals surface area (Å²) < 4.78 is 55.4. The van der Waals surface area contributed by atoms with Gasteiger partial charge in [-0.05, 0) is 31.7 Å². The summed E-state index contributed by atoms with van der Waals surface area (Å²) in [4.78, 5) is 27.8. The van der Waals surface area contributed by atoms with Crippen molar-refractivity contribution in [3.05, 3.63) is 23.0 Å². The molecular weight excluding hydrogens is 420 g/mol. The minimum atomic E-state index is -5.10. The topological polar surface area (TPSA) is 106 Å². The van der Waals surface area contributed by atoms with Gasteiger partial charge in [0.15, 0.2) is 0 Å². The SMILES string of the molecule is CC(=O)N(C1(COc2cnc(Cl)c(C(=O)NC3CC3)c2)CC1)S(=O)(=O)C(F)F. The molecule has 3 rings (SSSR count). The van der Waals surface area contributed by atoms with Crippen LogP contribution in [0, 0.1) is 0 Å². The van der Waals surface area contributed by atoms with Crippen LogP contribution >= 0.6 is 11.6 Å². The number of pyridine rings is 1. The Morgan fingerprint density at radius 3 is 2.57 bits per heavy atom. The summed E-state index contributed by atoms with van der Waals surface area (Å²) in [7, 11) is -5.10. The van der Waals surface area contributed by atoms with E-state index in [0.29, 0.717) is 0 Å². The Morgan fingerprint density at radius 1 is 1.43 bits per heavy atom. The maximum atomic E-state index is 12.9. The quantitative estimate of drug-likeness (QED) is 0.623. The van der Waals surface area contributed by atoms with Crippen LogP contribution in [0.5, 0.6) is 5.75 Å². The number of alkyl halides is 2. The predicted molar refractivity (Wildman–Crippen MR) is 94.6 cm³/mol. The molecule has 2 saturated carbocycles. The summed E-state index contributed by atoms with van der Waals surface area (Å²) in [6.45, 7) is 0.565. The molecule has 1 heterocycles. The fourth-order valence-corrected chi connectivity index (χ4v) is 4.27. The second-order valence-corrected chi connectivity index (χ2v) is 8.97. The van der Waals surface area contributed by atoms with Gasteiger partial charge in [0.1, 0.15) is 17.5 Å². The number of hydrogen-bond donors (Lipinski definition) is 1. The van der Waals surface area contributed by atoms with Gasteiger partial charge in [0.05, 0.1) is 17.3 Å². The van der Waals surface area contributed by atoms with Crippen LogP contribution in [0.3, 0.4) is 0 Å². The van der Waals surface area contributed by atoms with E-state index in [4.69, 9.17) is 16.3 Å². The second-order valence-electron chi connectivity index (χ2n) is 6.86. The molecule has 2 aliphatic rings. The van der Waals surface area contributed by atoms with Crippen LogP contribution < -0.4 is 10.1 Å². The summed E-state index contributed by atoms with van der Waals surface area (Å²) in [5, 5.41) is 2.72. The molecule has 1 aromatic heterocycles. The highest BCUT2D eigenvalue weighted by Gasteiger charge is 2.57. The van der Waals surface area contributed by atoms with Crippen molar-refractivity contribution in [1.29, 1.82) is 0 Å². The molecule has 2 fully saturated rings. The number of nitrogens with one attached hydrogen (secondary N) is 1. The molecule has 1 aromatic rings. The van der Waals surface area contributed by atoms with Crippen molar-refractivity contribution in [3.8, 4) is 5.75 Å². The van der Waals surface area contributed by atoms with E-state index in [1.165, 1.54) is 12.3 Å². The first-order valence-electron chi connectivity index (χ1n) is 8.49. The van der Waals surface area contributed by atoms with E-state index in [1.807, 2.05) is 0 Å². The fraction of sp³-hybridized carbons (Fsp3) is 0.562. The average Bonchev–Trinajstić information content (AvgIpc) is 3.51. The van der Waals surface area contributed by atoms with Gasteiger partial charge in [0.2, 0.25) is 5.91 Å². The van der Waals surface area contributed by atoms with E-state index in [2.05, 4.69) is 10.3 Å². The number of sulfonamides is 1. The molecule has 28 heavy (non-hydrogen) atoms. The van der Waals surface area contributed by atoms with Crippen LogP contribution in [0.15, 0.2) is 12.3 Å². The highest BCUT2D eigenvalue weighted by Crippen LogP contribution is 2.45. The lowest BCUT2D eigenvalue weighted by atomic mass is 10.2. The minimum Gasteiger partial charge on any atom is -0.489 e. The summed E-state index contributed by atoms with van der Waals surface area (Å²) in [5.74, 6) is -5.05. The summed E-state index contributed by atoms with van der Waals surface area (Å²) in [6, 6.07) is 1.44. The number of carbonyl (C=O) groups excluding carboxylic acids is 2. The lowest BCUT2D eigenvalue weighted by Gasteiger charge is -2.29. The molecule has 1 N–H and O–H groups in total. The Balaban J connectivity index is 1.75. The monoisotopic (exact) mass is 437 g/mol. The normalized spacial score (nSPS) is 17.9. The molecule has 12 heteroatoms. The molecule has 0 saturated heterocycles. The van der Waals surface area contributed by atoms with Crippen molar-refractivity contribution in [2.45, 2.75) is 49.9 Å². The minimum absolute atomic E-state index is 0.0303. The number of carbonyl (C=O) groups is 2. The molecule has 0 radical (unpaired) electrons. The highest BCUT2D eigenvalue weighted by atomic mass is 35.5. The van der Waals surface area contributed by atoms with E-state index in [-0.39, 0.29) is 46.3 Å². The van der Waals surface area contributed by atoms with Crippen molar-refractivity contribution in [2.75, 3.05) is 6.61 Å². The highest BCUT2D eigenvalue weighted by molar-refractivity contribution is 7.90. The third-order valence-corrected chi connectivity index (χ3v) is 6.41. The smallest absolute Gasteiger partial charge is 0.355 e. The largest absolute Gasteiger partial charge is 0.489 e. The van der Waals surface area contributed by atoms with Gasteiger partial charge < -0.3 is 10.1 Å². The van der Waals surface area contributed by atoms with E-state index < -0.39 is 33.1 Å². The van der Waals surface area contributed by atoms with E-state index >= 15 is 0 Å². The van der Waals surface area contributed by atoms with Gasteiger partial charge in [-0.2, -0.15) is 8.78 Å². The zero-order chi connectivity index (χ0) is 20.7. The van der Waals surface area contributed by atoms with E-state index in [0.717, 1.165) is 19.8 Å². The van der Waals surface area contributed by atoms with Crippen molar-refractivity contribution < 1.29 is 31.5 Å². The number of aromatic nitrogens is 1. The lowest BCUT2D eigenvalue weighted by Crippen LogP contribution is -2.50. The van der Waals surface area contributed by atoms with Crippen LogP contribution in [0.2, 0.25) is 5.15 Å². The molecule has 8 nitrogen and oxygen atoms in total. The van der Waals surface area contributed by atoms with Gasteiger partial charge in [0, 0.05) is 13.0 Å². The predicted octanol–water partition coefficient (Wildman–Crippen LogP) is 1.94. The van der Waals surface area contributed by atoms with Crippen LogP contribution in [0.4, 0.5) is 8.78 Å². The third-order valence-electron chi connectivity index (χ3n) is 4.50. The maximum absolute atomic E-state index is 12.9. The summed E-state index contributed by atoms with van der Waals surface area (Å²) in [5.41, 5.74) is -1.29. The number of amides is 2. The van der Waals surface area contributed by atoms with Crippen LogP contribution in [-0.4, -0.2) is 53.5 Å². The molecule has 2 aliphatic carbocycles. The van der Waals surface area contributed by atoms with Gasteiger partial charge in [-0.25, -0.2) is 17.7 Å². The van der Waals surface area contributed by atoms with Crippen molar-refractivity contribution in [2.24, 2.45) is 0 Å². The van der Waals surface area contributed by atoms with Crippen LogP contribution in [-0.2, 0) is 14.8 Å². The van der Waals surface area contributed by atoms with Gasteiger partial charge in [-0.1, -0.05) is 11.6 Å². The molecule has 0 aliphatic heterocycles. The van der Waals surface area contributed by atoms with Gasteiger partial charge in [-0.15, -0.1) is 0 Å². The van der Waals surface area contributed by atoms with E-state index in [9.17, 15) is 26.8 Å². The number of hydrogen-bond acceptors (Lipinski definition) is 6. The van der Waals surface area contributed by atoms with E-state index in [1.54, 1.807) is 0 Å². The van der Waals surface area contributed by atoms with Crippen LogP contribution in [0.25, 0.3) is 0 Å². The van der Waals surface area contributed by atoms with Gasteiger partial charge >= 0.3 is 15.8 Å². The first-order valence-corrected chi connectivity index (χ1v) is 10.4. The molecule has 0 atom stereocenters. The molecular formula is C16H18ClF2N3O5S. The Hall–Kier alpha value is -2.01. The summed E-state index contributed by atoms with van der Waals surface area (Å²) >= 11 is 5.94. The average molecular weight is 438 g/mol. The number of rotatable bonds is 8. The Labute approximate surface area is 165 Å². The molecule has 154 valence electrons. The third kappa shape index (κ3) is 4.19. The molecule has 0 aromatic carbocycles. The Bertz CT molecular complexity index is 904. The molecule has 2 amide bonds. The van der Waals surface area contributed by atoms with Crippen molar-refractivity contribution in [3.63, 3.8) is 0 Å². The zero-order valence-corrected chi connectivity index (χ0v) is 16.4. The van der Waals surface area contributed by atoms with Gasteiger partial charge in [0.25, 0.3) is 5.91 Å². The fourth-order valence-electron chi connectivity index (χ4n) is 2.79. The van der Waals surface area contributed by atoms with Crippen molar-refractivity contribution in [1.82, 2.24) is 14.6 Å².